The maximum absolute atomic E-state index is 12.2. The molecule has 2 N–H and O–H groups in total. The van der Waals surface area contributed by atoms with Crippen LogP contribution in [0.2, 0.25) is 0 Å². The van der Waals surface area contributed by atoms with Gasteiger partial charge in [0, 0.05) is 19.8 Å². The summed E-state index contributed by atoms with van der Waals surface area (Å²) in [5, 5.41) is 4.97. The number of carbonyl (C=O) groups excluding carboxylic acids is 3. The minimum absolute atomic E-state index is 0.0215. The smallest absolute Gasteiger partial charge is 0.338 e. The Bertz CT molecular complexity index is 712. The standard InChI is InChI=1S/C17H21N3O5/c1-4-24-16(22)13-9-18-17(23)19-14(13)10-25-15(21)11-6-5-7-12(8-11)20(2)3/h5-8H,4,9-10H2,1-3H3,(H2,18,19,23). The average Bonchev–Trinajstić information content (AvgIpc) is 2.60. The lowest BCUT2D eigenvalue weighted by atomic mass is 10.1. The molecule has 0 aromatic heterocycles. The first-order valence-electron chi connectivity index (χ1n) is 7.81. The van der Waals surface area contributed by atoms with Crippen LogP contribution in [0.25, 0.3) is 0 Å². The van der Waals surface area contributed by atoms with Crippen LogP contribution < -0.4 is 15.5 Å². The molecule has 0 saturated carbocycles. The zero-order valence-corrected chi connectivity index (χ0v) is 14.4. The molecule has 1 aromatic rings. The third-order valence-corrected chi connectivity index (χ3v) is 3.52. The first kappa shape index (κ1) is 18.3. The van der Waals surface area contributed by atoms with E-state index in [1.54, 1.807) is 25.1 Å². The molecule has 0 radical (unpaired) electrons. The van der Waals surface area contributed by atoms with Gasteiger partial charge in [0.2, 0.25) is 0 Å². The topological polar surface area (TPSA) is 97.0 Å². The molecule has 1 heterocycles. The van der Waals surface area contributed by atoms with E-state index in [0.29, 0.717) is 5.56 Å². The van der Waals surface area contributed by atoms with E-state index in [2.05, 4.69) is 10.6 Å². The molecule has 2 amide bonds. The number of nitrogens with zero attached hydrogens (tertiary/aromatic N) is 1. The number of hydrogen-bond donors (Lipinski definition) is 2. The van der Waals surface area contributed by atoms with Crippen molar-refractivity contribution in [3.05, 3.63) is 41.1 Å². The third-order valence-electron chi connectivity index (χ3n) is 3.52. The molecule has 0 spiro atoms. The summed E-state index contributed by atoms with van der Waals surface area (Å²) in [4.78, 5) is 37.5. The van der Waals surface area contributed by atoms with Gasteiger partial charge in [-0.25, -0.2) is 14.4 Å². The van der Waals surface area contributed by atoms with E-state index in [4.69, 9.17) is 9.47 Å². The lowest BCUT2D eigenvalue weighted by Gasteiger charge is -2.21. The van der Waals surface area contributed by atoms with Gasteiger partial charge in [-0.3, -0.25) is 0 Å². The summed E-state index contributed by atoms with van der Waals surface area (Å²) >= 11 is 0. The van der Waals surface area contributed by atoms with E-state index >= 15 is 0 Å². The summed E-state index contributed by atoms with van der Waals surface area (Å²) in [7, 11) is 3.73. The minimum atomic E-state index is -0.560. The van der Waals surface area contributed by atoms with Crippen molar-refractivity contribution in [1.82, 2.24) is 10.6 Å². The molecule has 0 aliphatic carbocycles. The molecular weight excluding hydrogens is 326 g/mol. The molecule has 0 fully saturated rings. The summed E-state index contributed by atoms with van der Waals surface area (Å²) in [6.45, 7) is 1.69. The maximum Gasteiger partial charge on any atom is 0.338 e. The molecule has 1 aliphatic heterocycles. The van der Waals surface area contributed by atoms with Crippen LogP contribution in [0.5, 0.6) is 0 Å². The highest BCUT2D eigenvalue weighted by Crippen LogP contribution is 2.15. The number of rotatable bonds is 6. The van der Waals surface area contributed by atoms with Gasteiger partial charge in [-0.05, 0) is 25.1 Å². The van der Waals surface area contributed by atoms with E-state index < -0.39 is 18.0 Å². The van der Waals surface area contributed by atoms with Gasteiger partial charge in [0.05, 0.1) is 30.0 Å². The molecule has 2 rings (SSSR count). The average molecular weight is 347 g/mol. The van der Waals surface area contributed by atoms with Crippen molar-refractivity contribution >= 4 is 23.7 Å². The lowest BCUT2D eigenvalue weighted by molar-refractivity contribution is -0.138. The molecule has 25 heavy (non-hydrogen) atoms. The van der Waals surface area contributed by atoms with Crippen LogP contribution in [0.1, 0.15) is 17.3 Å². The van der Waals surface area contributed by atoms with Gasteiger partial charge in [0.1, 0.15) is 6.61 Å². The van der Waals surface area contributed by atoms with Gasteiger partial charge < -0.3 is 25.0 Å². The van der Waals surface area contributed by atoms with Crippen LogP contribution in [-0.2, 0) is 14.3 Å². The Morgan fingerprint density at radius 2 is 1.96 bits per heavy atom. The van der Waals surface area contributed by atoms with Gasteiger partial charge in [0.25, 0.3) is 0 Å². The number of amides is 2. The quantitative estimate of drug-likeness (QED) is 0.747. The van der Waals surface area contributed by atoms with E-state index in [0.717, 1.165) is 5.69 Å². The highest BCUT2D eigenvalue weighted by atomic mass is 16.5. The molecule has 0 atom stereocenters. The summed E-state index contributed by atoms with van der Waals surface area (Å²) in [5.41, 5.74) is 1.69. The second kappa shape index (κ2) is 8.18. The Balaban J connectivity index is 2.11. The fourth-order valence-corrected chi connectivity index (χ4v) is 2.20. The predicted octanol–water partition coefficient (Wildman–Crippen LogP) is 1.04. The SMILES string of the molecule is CCOC(=O)C1=C(COC(=O)c2cccc(N(C)C)c2)NC(=O)NC1. The molecule has 1 aliphatic rings. The van der Waals surface area contributed by atoms with Crippen LogP contribution in [0.4, 0.5) is 10.5 Å². The second-order valence-corrected chi connectivity index (χ2v) is 5.51. The number of esters is 2. The highest BCUT2D eigenvalue weighted by Gasteiger charge is 2.24. The van der Waals surface area contributed by atoms with Crippen molar-refractivity contribution in [1.29, 1.82) is 0 Å². The fourth-order valence-electron chi connectivity index (χ4n) is 2.20. The second-order valence-electron chi connectivity index (χ2n) is 5.51. The zero-order valence-electron chi connectivity index (χ0n) is 14.4. The number of anilines is 1. The first-order chi connectivity index (χ1) is 11.9. The van der Waals surface area contributed by atoms with Crippen LogP contribution in [0, 0.1) is 0 Å². The van der Waals surface area contributed by atoms with Crippen LogP contribution >= 0.6 is 0 Å². The van der Waals surface area contributed by atoms with E-state index in [1.807, 2.05) is 25.1 Å². The lowest BCUT2D eigenvalue weighted by Crippen LogP contribution is -2.45. The molecule has 8 nitrogen and oxygen atoms in total. The first-order valence-corrected chi connectivity index (χ1v) is 7.81. The Kier molecular flexibility index (Phi) is 5.99. The predicted molar refractivity (Wildman–Crippen MR) is 91.2 cm³/mol. The maximum atomic E-state index is 12.2. The largest absolute Gasteiger partial charge is 0.463 e. The zero-order chi connectivity index (χ0) is 18.4. The molecule has 134 valence electrons. The highest BCUT2D eigenvalue weighted by molar-refractivity contribution is 5.94. The Morgan fingerprint density at radius 3 is 2.64 bits per heavy atom. The van der Waals surface area contributed by atoms with Crippen molar-refractivity contribution in [3.63, 3.8) is 0 Å². The number of carbonyl (C=O) groups is 3. The normalized spacial score (nSPS) is 13.6. The summed E-state index contributed by atoms with van der Waals surface area (Å²) < 4.78 is 10.2. The number of ether oxygens (including phenoxy) is 2. The number of urea groups is 1. The third kappa shape index (κ3) is 4.72. The molecular formula is C17H21N3O5. The van der Waals surface area contributed by atoms with Crippen molar-refractivity contribution < 1.29 is 23.9 Å². The van der Waals surface area contributed by atoms with Crippen molar-refractivity contribution in [2.24, 2.45) is 0 Å². The summed E-state index contributed by atoms with van der Waals surface area (Å²) in [6, 6.07) is 6.49. The van der Waals surface area contributed by atoms with Crippen molar-refractivity contribution in [2.75, 3.05) is 38.8 Å². The number of hydrogen-bond acceptors (Lipinski definition) is 6. The van der Waals surface area contributed by atoms with Crippen molar-refractivity contribution in [2.45, 2.75) is 6.92 Å². The van der Waals surface area contributed by atoms with Crippen molar-refractivity contribution in [3.8, 4) is 0 Å². The molecule has 1 aromatic carbocycles. The number of nitrogens with one attached hydrogen (secondary N) is 2. The molecule has 8 heteroatoms. The van der Waals surface area contributed by atoms with Gasteiger partial charge in [-0.2, -0.15) is 0 Å². The van der Waals surface area contributed by atoms with Crippen LogP contribution in [0.15, 0.2) is 35.5 Å². The molecule has 0 unspecified atom stereocenters. The molecule has 0 bridgehead atoms. The van der Waals surface area contributed by atoms with E-state index in [1.165, 1.54) is 0 Å². The van der Waals surface area contributed by atoms with Gasteiger partial charge >= 0.3 is 18.0 Å². The Morgan fingerprint density at radius 1 is 1.20 bits per heavy atom. The van der Waals surface area contributed by atoms with Gasteiger partial charge in [-0.1, -0.05) is 6.07 Å². The van der Waals surface area contributed by atoms with Gasteiger partial charge in [0.15, 0.2) is 0 Å². The van der Waals surface area contributed by atoms with E-state index in [9.17, 15) is 14.4 Å². The monoisotopic (exact) mass is 347 g/mol. The summed E-state index contributed by atoms with van der Waals surface area (Å²) in [5.74, 6) is -1.11. The van der Waals surface area contributed by atoms with Crippen LogP contribution in [-0.4, -0.2) is 51.8 Å². The molecule has 0 saturated heterocycles. The Hall–Kier alpha value is -3.03. The summed E-state index contributed by atoms with van der Waals surface area (Å²) in [6.07, 6.45) is 0. The number of benzene rings is 1. The van der Waals surface area contributed by atoms with Crippen LogP contribution in [0.3, 0.4) is 0 Å². The van der Waals surface area contributed by atoms with Gasteiger partial charge in [-0.15, -0.1) is 0 Å². The van der Waals surface area contributed by atoms with E-state index in [-0.39, 0.29) is 31.0 Å². The fraction of sp³-hybridized carbons (Fsp3) is 0.353. The minimum Gasteiger partial charge on any atom is -0.463 e. The Labute approximate surface area is 145 Å².